The summed E-state index contributed by atoms with van der Waals surface area (Å²) < 4.78 is 26.8. The molecule has 0 saturated heterocycles. The van der Waals surface area contributed by atoms with Crippen LogP contribution in [-0.4, -0.2) is 31.0 Å². The van der Waals surface area contributed by atoms with Crippen molar-refractivity contribution in [3.8, 4) is 0 Å². The fourth-order valence-electron chi connectivity index (χ4n) is 2.48. The van der Waals surface area contributed by atoms with Gasteiger partial charge in [-0.05, 0) is 31.0 Å². The van der Waals surface area contributed by atoms with E-state index in [1.807, 2.05) is 0 Å². The largest absolute Gasteiger partial charge is 0.481 e. The minimum absolute atomic E-state index is 0.0234. The Labute approximate surface area is 163 Å². The number of sulfonamides is 1. The summed E-state index contributed by atoms with van der Waals surface area (Å²) >= 11 is 6.11. The van der Waals surface area contributed by atoms with E-state index in [1.54, 1.807) is 30.3 Å². The highest BCUT2D eigenvalue weighted by Gasteiger charge is 2.16. The third-order valence-electron chi connectivity index (χ3n) is 3.82. The molecule has 0 saturated carbocycles. The Hall–Kier alpha value is -2.38. The second-order valence-corrected chi connectivity index (χ2v) is 8.26. The second kappa shape index (κ2) is 9.53. The third-order valence-corrected chi connectivity index (χ3v) is 5.53. The smallest absolute Gasteiger partial charge is 0.303 e. The van der Waals surface area contributed by atoms with Crippen LogP contribution in [0, 0.1) is 0 Å². The van der Waals surface area contributed by atoms with Gasteiger partial charge in [0.1, 0.15) is 0 Å². The van der Waals surface area contributed by atoms with Gasteiger partial charge in [-0.3, -0.25) is 14.3 Å². The minimum Gasteiger partial charge on any atom is -0.481 e. The van der Waals surface area contributed by atoms with E-state index in [1.165, 1.54) is 18.2 Å². The molecule has 2 rings (SSSR count). The summed E-state index contributed by atoms with van der Waals surface area (Å²) in [5.41, 5.74) is 0.923. The predicted molar refractivity (Wildman–Crippen MR) is 105 cm³/mol. The first-order valence-corrected chi connectivity index (χ1v) is 10.4. The summed E-state index contributed by atoms with van der Waals surface area (Å²) in [4.78, 5) is 23.0. The Bertz CT molecular complexity index is 913. The molecule has 144 valence electrons. The molecule has 2 aromatic rings. The van der Waals surface area contributed by atoms with E-state index in [0.29, 0.717) is 24.8 Å². The van der Waals surface area contributed by atoms with Gasteiger partial charge in [-0.2, -0.15) is 0 Å². The molecular formula is C19H20ClNO5S. The molecule has 0 aliphatic heterocycles. The maximum atomic E-state index is 12.6. The fourth-order valence-corrected chi connectivity index (χ4v) is 3.86. The van der Waals surface area contributed by atoms with Crippen molar-refractivity contribution in [2.24, 2.45) is 0 Å². The van der Waals surface area contributed by atoms with E-state index < -0.39 is 16.0 Å². The van der Waals surface area contributed by atoms with Crippen molar-refractivity contribution in [2.75, 3.05) is 10.5 Å². The number of carbonyl (C=O) groups excluding carboxylic acids is 1. The number of rotatable bonds is 10. The molecule has 0 spiro atoms. The van der Waals surface area contributed by atoms with Crippen LogP contribution in [0.2, 0.25) is 5.02 Å². The van der Waals surface area contributed by atoms with Crippen molar-refractivity contribution in [3.05, 3.63) is 64.7 Å². The van der Waals surface area contributed by atoms with E-state index in [-0.39, 0.29) is 34.2 Å². The summed E-state index contributed by atoms with van der Waals surface area (Å²) in [7, 11) is -3.61. The lowest BCUT2D eigenvalue weighted by molar-refractivity contribution is -0.137. The van der Waals surface area contributed by atoms with Crippen LogP contribution in [-0.2, 0) is 14.8 Å². The van der Waals surface area contributed by atoms with Crippen LogP contribution < -0.4 is 4.72 Å². The molecule has 8 heteroatoms. The zero-order chi connectivity index (χ0) is 19.9. The average Bonchev–Trinajstić information content (AvgIpc) is 2.62. The lowest BCUT2D eigenvalue weighted by Gasteiger charge is -2.10. The lowest BCUT2D eigenvalue weighted by atomic mass is 10.0. The van der Waals surface area contributed by atoms with Gasteiger partial charge in [0, 0.05) is 23.2 Å². The molecule has 0 atom stereocenters. The van der Waals surface area contributed by atoms with Crippen LogP contribution in [0.25, 0.3) is 0 Å². The second-order valence-electron chi connectivity index (χ2n) is 6.02. The molecule has 0 aliphatic rings. The van der Waals surface area contributed by atoms with Crippen molar-refractivity contribution in [1.82, 2.24) is 0 Å². The van der Waals surface area contributed by atoms with Crippen LogP contribution in [0.5, 0.6) is 0 Å². The number of unbranched alkanes of at least 4 members (excludes halogenated alkanes) is 2. The fraction of sp³-hybridized carbons (Fsp3) is 0.263. The Kier molecular flexibility index (Phi) is 7.38. The SMILES string of the molecule is O=C(O)CCCCCS(=O)(=O)Nc1ccc(Cl)c(C(=O)c2ccccc2)c1. The van der Waals surface area contributed by atoms with E-state index in [9.17, 15) is 18.0 Å². The highest BCUT2D eigenvalue weighted by molar-refractivity contribution is 7.92. The maximum Gasteiger partial charge on any atom is 0.303 e. The van der Waals surface area contributed by atoms with Crippen molar-refractivity contribution >= 4 is 39.1 Å². The van der Waals surface area contributed by atoms with Crippen LogP contribution in [0.1, 0.15) is 41.6 Å². The molecule has 6 nitrogen and oxygen atoms in total. The summed E-state index contributed by atoms with van der Waals surface area (Å²) in [5, 5.41) is 8.81. The highest BCUT2D eigenvalue weighted by Crippen LogP contribution is 2.24. The lowest BCUT2D eigenvalue weighted by Crippen LogP contribution is -2.17. The zero-order valence-corrected chi connectivity index (χ0v) is 16.1. The number of aliphatic carboxylic acids is 1. The number of carbonyl (C=O) groups is 2. The molecule has 2 aromatic carbocycles. The number of nitrogens with one attached hydrogen (secondary N) is 1. The molecule has 0 heterocycles. The Balaban J connectivity index is 2.04. The highest BCUT2D eigenvalue weighted by atomic mass is 35.5. The van der Waals surface area contributed by atoms with Gasteiger partial charge < -0.3 is 5.11 Å². The van der Waals surface area contributed by atoms with E-state index in [2.05, 4.69) is 4.72 Å². The molecule has 0 radical (unpaired) electrons. The quantitative estimate of drug-likeness (QED) is 0.457. The first-order valence-electron chi connectivity index (χ1n) is 8.40. The number of carboxylic acid groups (broad SMARTS) is 1. The normalized spacial score (nSPS) is 11.1. The molecule has 27 heavy (non-hydrogen) atoms. The van der Waals surface area contributed by atoms with Crippen LogP contribution in [0.15, 0.2) is 48.5 Å². The first-order chi connectivity index (χ1) is 12.8. The van der Waals surface area contributed by atoms with Crippen LogP contribution >= 0.6 is 11.6 Å². The van der Waals surface area contributed by atoms with Crippen LogP contribution in [0.4, 0.5) is 5.69 Å². The molecule has 0 unspecified atom stereocenters. The van der Waals surface area contributed by atoms with Gasteiger partial charge in [0.05, 0.1) is 10.8 Å². The van der Waals surface area contributed by atoms with E-state index >= 15 is 0 Å². The van der Waals surface area contributed by atoms with Gasteiger partial charge in [-0.25, -0.2) is 8.42 Å². The van der Waals surface area contributed by atoms with Gasteiger partial charge in [-0.15, -0.1) is 0 Å². The molecule has 0 amide bonds. The molecule has 0 aliphatic carbocycles. The Morgan fingerprint density at radius 2 is 1.70 bits per heavy atom. The topological polar surface area (TPSA) is 101 Å². The van der Waals surface area contributed by atoms with E-state index in [4.69, 9.17) is 16.7 Å². The monoisotopic (exact) mass is 409 g/mol. The number of ketones is 1. The zero-order valence-electron chi connectivity index (χ0n) is 14.5. The third kappa shape index (κ3) is 6.69. The maximum absolute atomic E-state index is 12.6. The molecule has 2 N–H and O–H groups in total. The Morgan fingerprint density at radius 1 is 1.00 bits per heavy atom. The van der Waals surface area contributed by atoms with E-state index in [0.717, 1.165) is 0 Å². The van der Waals surface area contributed by atoms with Crippen molar-refractivity contribution in [1.29, 1.82) is 0 Å². The van der Waals surface area contributed by atoms with Gasteiger partial charge in [0.15, 0.2) is 5.78 Å². The number of hydrogen-bond acceptors (Lipinski definition) is 4. The van der Waals surface area contributed by atoms with Crippen molar-refractivity contribution in [3.63, 3.8) is 0 Å². The van der Waals surface area contributed by atoms with Gasteiger partial charge in [-0.1, -0.05) is 48.4 Å². The van der Waals surface area contributed by atoms with Crippen molar-refractivity contribution in [2.45, 2.75) is 25.7 Å². The number of anilines is 1. The standard InChI is InChI=1S/C19H20ClNO5S/c20-17-11-10-15(13-16(17)19(24)14-7-3-1-4-8-14)21-27(25,26)12-6-2-5-9-18(22)23/h1,3-4,7-8,10-11,13,21H,2,5-6,9,12H2,(H,22,23). The molecule has 0 fully saturated rings. The number of halogens is 1. The van der Waals surface area contributed by atoms with Crippen LogP contribution in [0.3, 0.4) is 0 Å². The summed E-state index contributed by atoms with van der Waals surface area (Å²) in [6.45, 7) is 0. The molecular weight excluding hydrogens is 390 g/mol. The summed E-state index contributed by atoms with van der Waals surface area (Å²) in [6.07, 6.45) is 1.31. The predicted octanol–water partition coefficient (Wildman–Crippen LogP) is 3.96. The molecule has 0 bridgehead atoms. The number of carboxylic acids is 1. The number of hydrogen-bond donors (Lipinski definition) is 2. The average molecular weight is 410 g/mol. The summed E-state index contributed by atoms with van der Waals surface area (Å²) in [5.74, 6) is -1.32. The molecule has 0 aromatic heterocycles. The van der Waals surface area contributed by atoms with Gasteiger partial charge >= 0.3 is 5.97 Å². The van der Waals surface area contributed by atoms with Gasteiger partial charge in [0.2, 0.25) is 10.0 Å². The summed E-state index contributed by atoms with van der Waals surface area (Å²) in [6, 6.07) is 13.0. The van der Waals surface area contributed by atoms with Gasteiger partial charge in [0.25, 0.3) is 0 Å². The first kappa shape index (κ1) is 20.9. The van der Waals surface area contributed by atoms with Crippen molar-refractivity contribution < 1.29 is 23.1 Å². The minimum atomic E-state index is -3.61. The Morgan fingerprint density at radius 3 is 2.37 bits per heavy atom. The number of benzene rings is 2.